The molecule has 0 aromatic heterocycles. The van der Waals surface area contributed by atoms with Gasteiger partial charge in [0, 0.05) is 0 Å². The molecule has 1 aliphatic rings. The lowest BCUT2D eigenvalue weighted by atomic mass is 10.0. The standard InChI is InChI=1S/C15H14ClNO3S/c16-13-6-2-4-8-15(13)21(18,19)17-12-9-11-5-1-3-7-14(11)20-10-12/h1-8,12,17H,9-10H2/t12-/m0/s1. The van der Waals surface area contributed by atoms with Gasteiger partial charge in [-0.15, -0.1) is 0 Å². The molecule has 1 aliphatic heterocycles. The molecule has 0 bridgehead atoms. The van der Waals surface area contributed by atoms with Crippen LogP contribution in [0.1, 0.15) is 5.56 Å². The molecular weight excluding hydrogens is 310 g/mol. The number of para-hydroxylation sites is 1. The first-order valence-corrected chi connectivity index (χ1v) is 8.40. The Kier molecular flexibility index (Phi) is 3.89. The van der Waals surface area contributed by atoms with Gasteiger partial charge in [-0.2, -0.15) is 0 Å². The minimum absolute atomic E-state index is 0.0884. The van der Waals surface area contributed by atoms with Crippen molar-refractivity contribution in [3.8, 4) is 5.75 Å². The van der Waals surface area contributed by atoms with Crippen molar-refractivity contribution in [3.05, 3.63) is 59.1 Å². The lowest BCUT2D eigenvalue weighted by Gasteiger charge is -2.26. The average Bonchev–Trinajstić information content (AvgIpc) is 2.47. The van der Waals surface area contributed by atoms with E-state index in [0.717, 1.165) is 11.3 Å². The van der Waals surface area contributed by atoms with Crippen molar-refractivity contribution >= 4 is 21.6 Å². The van der Waals surface area contributed by atoms with Gasteiger partial charge in [-0.1, -0.05) is 41.9 Å². The summed E-state index contributed by atoms with van der Waals surface area (Å²) in [6, 6.07) is 13.7. The van der Waals surface area contributed by atoms with Crippen LogP contribution in [0.5, 0.6) is 5.75 Å². The second-order valence-corrected chi connectivity index (χ2v) is 6.96. The van der Waals surface area contributed by atoms with Gasteiger partial charge in [0.25, 0.3) is 0 Å². The second-order valence-electron chi connectivity index (χ2n) is 4.87. The molecule has 0 aliphatic carbocycles. The maximum Gasteiger partial charge on any atom is 0.242 e. The summed E-state index contributed by atoms with van der Waals surface area (Å²) in [7, 11) is -3.66. The van der Waals surface area contributed by atoms with Crippen LogP contribution in [0.25, 0.3) is 0 Å². The minimum Gasteiger partial charge on any atom is -0.492 e. The van der Waals surface area contributed by atoms with Crippen molar-refractivity contribution in [2.75, 3.05) is 6.61 Å². The molecule has 0 unspecified atom stereocenters. The highest BCUT2D eigenvalue weighted by molar-refractivity contribution is 7.89. The first-order valence-electron chi connectivity index (χ1n) is 6.54. The van der Waals surface area contributed by atoms with E-state index >= 15 is 0 Å². The summed E-state index contributed by atoms with van der Waals surface area (Å²) >= 11 is 5.96. The second kappa shape index (κ2) is 5.67. The molecule has 2 aromatic carbocycles. The number of halogens is 1. The molecule has 21 heavy (non-hydrogen) atoms. The summed E-state index contributed by atoms with van der Waals surface area (Å²) in [5.41, 5.74) is 0.996. The molecule has 2 aromatic rings. The Morgan fingerprint density at radius 3 is 2.62 bits per heavy atom. The zero-order valence-corrected chi connectivity index (χ0v) is 12.7. The van der Waals surface area contributed by atoms with Crippen LogP contribution >= 0.6 is 11.6 Å². The molecule has 4 nitrogen and oxygen atoms in total. The molecule has 1 heterocycles. The van der Waals surface area contributed by atoms with Crippen LogP contribution < -0.4 is 9.46 Å². The van der Waals surface area contributed by atoms with E-state index in [9.17, 15) is 8.42 Å². The molecule has 0 saturated heterocycles. The van der Waals surface area contributed by atoms with Crippen molar-refractivity contribution in [2.24, 2.45) is 0 Å². The van der Waals surface area contributed by atoms with E-state index in [0.29, 0.717) is 13.0 Å². The van der Waals surface area contributed by atoms with Gasteiger partial charge < -0.3 is 4.74 Å². The average molecular weight is 324 g/mol. The molecule has 0 saturated carbocycles. The number of hydrogen-bond donors (Lipinski definition) is 1. The van der Waals surface area contributed by atoms with Gasteiger partial charge in [0.05, 0.1) is 11.1 Å². The Morgan fingerprint density at radius 2 is 1.81 bits per heavy atom. The van der Waals surface area contributed by atoms with Crippen LogP contribution in [0.3, 0.4) is 0 Å². The summed E-state index contributed by atoms with van der Waals surface area (Å²) in [4.78, 5) is 0.0884. The molecule has 0 fully saturated rings. The predicted molar refractivity (Wildman–Crippen MR) is 81.2 cm³/mol. The number of fused-ring (bicyclic) bond motifs is 1. The van der Waals surface area contributed by atoms with E-state index in [1.807, 2.05) is 24.3 Å². The Balaban J connectivity index is 1.80. The highest BCUT2D eigenvalue weighted by atomic mass is 35.5. The summed E-state index contributed by atoms with van der Waals surface area (Å²) in [6.07, 6.45) is 0.597. The Hall–Kier alpha value is -1.56. The third kappa shape index (κ3) is 3.05. The van der Waals surface area contributed by atoms with Gasteiger partial charge in [0.15, 0.2) is 0 Å². The van der Waals surface area contributed by atoms with Crippen LogP contribution in [-0.4, -0.2) is 21.1 Å². The van der Waals surface area contributed by atoms with Gasteiger partial charge >= 0.3 is 0 Å². The van der Waals surface area contributed by atoms with Gasteiger partial charge in [0.2, 0.25) is 10.0 Å². The molecule has 0 spiro atoms. The van der Waals surface area contributed by atoms with Crippen LogP contribution in [-0.2, 0) is 16.4 Å². The predicted octanol–water partition coefficient (Wildman–Crippen LogP) is 2.62. The third-order valence-electron chi connectivity index (χ3n) is 3.33. The summed E-state index contributed by atoms with van der Waals surface area (Å²) in [6.45, 7) is 0.306. The molecule has 1 N–H and O–H groups in total. The van der Waals surface area contributed by atoms with E-state index in [2.05, 4.69) is 4.72 Å². The molecule has 0 radical (unpaired) electrons. The lowest BCUT2D eigenvalue weighted by molar-refractivity contribution is 0.254. The van der Waals surface area contributed by atoms with Crippen LogP contribution in [0.2, 0.25) is 5.02 Å². The molecule has 110 valence electrons. The van der Waals surface area contributed by atoms with Gasteiger partial charge in [-0.25, -0.2) is 13.1 Å². The van der Waals surface area contributed by atoms with Gasteiger partial charge in [0.1, 0.15) is 17.3 Å². The number of rotatable bonds is 3. The van der Waals surface area contributed by atoms with Crippen LogP contribution in [0.15, 0.2) is 53.4 Å². The quantitative estimate of drug-likeness (QED) is 0.944. The van der Waals surface area contributed by atoms with Crippen molar-refractivity contribution in [1.82, 2.24) is 4.72 Å². The third-order valence-corrected chi connectivity index (χ3v) is 5.35. The topological polar surface area (TPSA) is 55.4 Å². The minimum atomic E-state index is -3.66. The SMILES string of the molecule is O=S(=O)(N[C@@H]1COc2ccccc2C1)c1ccccc1Cl. The number of ether oxygens (including phenoxy) is 1. The number of nitrogens with one attached hydrogen (secondary N) is 1. The number of benzene rings is 2. The maximum absolute atomic E-state index is 12.4. The smallest absolute Gasteiger partial charge is 0.242 e. The Labute approximate surface area is 128 Å². The fourth-order valence-electron chi connectivity index (χ4n) is 2.35. The van der Waals surface area contributed by atoms with Crippen molar-refractivity contribution in [1.29, 1.82) is 0 Å². The highest BCUT2D eigenvalue weighted by Gasteiger charge is 2.26. The number of hydrogen-bond acceptors (Lipinski definition) is 3. The van der Waals surface area contributed by atoms with Gasteiger partial charge in [-0.3, -0.25) is 0 Å². The van der Waals surface area contributed by atoms with Crippen LogP contribution in [0, 0.1) is 0 Å². The molecular formula is C15H14ClNO3S. The lowest BCUT2D eigenvalue weighted by Crippen LogP contribution is -2.42. The van der Waals surface area contributed by atoms with Crippen molar-refractivity contribution in [3.63, 3.8) is 0 Å². The van der Waals surface area contributed by atoms with E-state index in [1.54, 1.807) is 18.2 Å². The van der Waals surface area contributed by atoms with Crippen molar-refractivity contribution in [2.45, 2.75) is 17.4 Å². The first kappa shape index (κ1) is 14.4. The van der Waals surface area contributed by atoms with Crippen molar-refractivity contribution < 1.29 is 13.2 Å². The van der Waals surface area contributed by atoms with Gasteiger partial charge in [-0.05, 0) is 30.2 Å². The zero-order chi connectivity index (χ0) is 14.9. The Bertz CT molecular complexity index is 761. The highest BCUT2D eigenvalue weighted by Crippen LogP contribution is 2.26. The monoisotopic (exact) mass is 323 g/mol. The zero-order valence-electron chi connectivity index (χ0n) is 11.1. The van der Waals surface area contributed by atoms with E-state index in [4.69, 9.17) is 16.3 Å². The number of sulfonamides is 1. The fraction of sp³-hybridized carbons (Fsp3) is 0.200. The summed E-state index contributed by atoms with van der Waals surface area (Å²) < 4.78 is 33.0. The largest absolute Gasteiger partial charge is 0.492 e. The van der Waals surface area contributed by atoms with E-state index < -0.39 is 10.0 Å². The molecule has 6 heteroatoms. The summed E-state index contributed by atoms with van der Waals surface area (Å²) in [5.74, 6) is 0.811. The molecule has 0 amide bonds. The molecule has 1 atom stereocenters. The normalized spacial score (nSPS) is 17.9. The fourth-order valence-corrected chi connectivity index (χ4v) is 4.09. The van der Waals surface area contributed by atoms with E-state index in [-0.39, 0.29) is 16.0 Å². The van der Waals surface area contributed by atoms with Crippen LogP contribution in [0.4, 0.5) is 0 Å². The summed E-state index contributed by atoms with van der Waals surface area (Å²) in [5, 5.41) is 0.210. The van der Waals surface area contributed by atoms with E-state index in [1.165, 1.54) is 6.07 Å². The Morgan fingerprint density at radius 1 is 1.10 bits per heavy atom. The first-order chi connectivity index (χ1) is 10.1. The maximum atomic E-state index is 12.4. The molecule has 3 rings (SSSR count).